The minimum atomic E-state index is 0.179. The first-order chi connectivity index (χ1) is 6.75. The van der Waals surface area contributed by atoms with Crippen LogP contribution >= 0.6 is 0 Å². The van der Waals surface area contributed by atoms with E-state index in [-0.39, 0.29) is 12.1 Å². The van der Waals surface area contributed by atoms with Crippen molar-refractivity contribution in [3.8, 4) is 5.75 Å². The highest BCUT2D eigenvalue weighted by atomic mass is 16.5. The Morgan fingerprint density at radius 1 is 1.14 bits per heavy atom. The van der Waals surface area contributed by atoms with Crippen molar-refractivity contribution in [3.63, 3.8) is 0 Å². The summed E-state index contributed by atoms with van der Waals surface area (Å²) in [7, 11) is 0. The summed E-state index contributed by atoms with van der Waals surface area (Å²) < 4.78 is 5.76. The van der Waals surface area contributed by atoms with Crippen LogP contribution < -0.4 is 16.2 Å². The average Bonchev–Trinajstić information content (AvgIpc) is 2.56. The maximum atomic E-state index is 5.91. The van der Waals surface area contributed by atoms with Gasteiger partial charge in [-0.1, -0.05) is 0 Å². The molecule has 3 heteroatoms. The number of hydrogen-bond donors (Lipinski definition) is 2. The molecule has 0 aliphatic heterocycles. The van der Waals surface area contributed by atoms with Gasteiger partial charge in [0.1, 0.15) is 11.9 Å². The molecule has 14 heavy (non-hydrogen) atoms. The summed E-state index contributed by atoms with van der Waals surface area (Å²) >= 11 is 0. The van der Waals surface area contributed by atoms with Crippen molar-refractivity contribution in [2.75, 3.05) is 5.73 Å². The number of hydrogen-bond acceptors (Lipinski definition) is 3. The first-order valence-electron chi connectivity index (χ1n) is 5.03. The highest BCUT2D eigenvalue weighted by Crippen LogP contribution is 2.23. The molecule has 1 fully saturated rings. The topological polar surface area (TPSA) is 61.3 Å². The van der Waals surface area contributed by atoms with Crippen molar-refractivity contribution in [2.24, 2.45) is 5.73 Å². The van der Waals surface area contributed by atoms with Crippen molar-refractivity contribution in [1.82, 2.24) is 0 Å². The fourth-order valence-corrected chi connectivity index (χ4v) is 1.82. The van der Waals surface area contributed by atoms with E-state index in [1.165, 1.54) is 6.42 Å². The zero-order valence-electron chi connectivity index (χ0n) is 8.15. The summed E-state index contributed by atoms with van der Waals surface area (Å²) in [6.07, 6.45) is 3.48. The van der Waals surface area contributed by atoms with Crippen LogP contribution in [0.15, 0.2) is 24.3 Å². The largest absolute Gasteiger partial charge is 0.489 e. The Kier molecular flexibility index (Phi) is 2.59. The summed E-state index contributed by atoms with van der Waals surface area (Å²) in [6, 6.07) is 7.65. The van der Waals surface area contributed by atoms with Gasteiger partial charge in [-0.3, -0.25) is 0 Å². The molecule has 0 unspecified atom stereocenters. The first-order valence-corrected chi connectivity index (χ1v) is 5.03. The van der Waals surface area contributed by atoms with E-state index < -0.39 is 0 Å². The number of ether oxygens (including phenoxy) is 1. The standard InChI is InChI=1S/C11H16N2O/c12-8-4-6-9(7-5-8)14-11-3-1-2-10(11)13/h4-7,10-11H,1-3,12-13H2/t10-,11-/m1/s1. The summed E-state index contributed by atoms with van der Waals surface area (Å²) in [5.74, 6) is 0.863. The zero-order chi connectivity index (χ0) is 9.97. The van der Waals surface area contributed by atoms with E-state index in [1.807, 2.05) is 24.3 Å². The summed E-state index contributed by atoms with van der Waals surface area (Å²) in [6.45, 7) is 0. The SMILES string of the molecule is Nc1ccc(O[C@@H]2CCC[C@H]2N)cc1. The van der Waals surface area contributed by atoms with E-state index in [4.69, 9.17) is 16.2 Å². The van der Waals surface area contributed by atoms with Crippen LogP contribution in [0.1, 0.15) is 19.3 Å². The Morgan fingerprint density at radius 2 is 1.86 bits per heavy atom. The van der Waals surface area contributed by atoms with E-state index in [9.17, 15) is 0 Å². The van der Waals surface area contributed by atoms with Crippen LogP contribution in [0.4, 0.5) is 5.69 Å². The van der Waals surface area contributed by atoms with Crippen molar-refractivity contribution < 1.29 is 4.74 Å². The van der Waals surface area contributed by atoms with Crippen molar-refractivity contribution in [3.05, 3.63) is 24.3 Å². The fourth-order valence-electron chi connectivity index (χ4n) is 1.82. The maximum Gasteiger partial charge on any atom is 0.119 e. The Morgan fingerprint density at radius 3 is 2.43 bits per heavy atom. The smallest absolute Gasteiger partial charge is 0.119 e. The van der Waals surface area contributed by atoms with Crippen LogP contribution in [-0.2, 0) is 0 Å². The van der Waals surface area contributed by atoms with Gasteiger partial charge in [0, 0.05) is 11.7 Å². The molecule has 1 aromatic rings. The number of rotatable bonds is 2. The molecular weight excluding hydrogens is 176 g/mol. The second kappa shape index (κ2) is 3.88. The molecule has 0 saturated heterocycles. The predicted octanol–water partition coefficient (Wildman–Crippen LogP) is 1.53. The van der Waals surface area contributed by atoms with Gasteiger partial charge < -0.3 is 16.2 Å². The molecule has 4 N–H and O–H groups in total. The maximum absolute atomic E-state index is 5.91. The molecule has 2 atom stereocenters. The molecule has 0 aromatic heterocycles. The summed E-state index contributed by atoms with van der Waals surface area (Å²) in [5, 5.41) is 0. The van der Waals surface area contributed by atoms with Crippen LogP contribution in [0.2, 0.25) is 0 Å². The molecule has 3 nitrogen and oxygen atoms in total. The molecule has 0 bridgehead atoms. The molecule has 0 heterocycles. The minimum absolute atomic E-state index is 0.179. The molecule has 1 aliphatic carbocycles. The van der Waals surface area contributed by atoms with E-state index in [0.717, 1.165) is 24.3 Å². The molecule has 1 aliphatic rings. The lowest BCUT2D eigenvalue weighted by Gasteiger charge is -2.17. The average molecular weight is 192 g/mol. The van der Waals surface area contributed by atoms with Crippen molar-refractivity contribution >= 4 is 5.69 Å². The van der Waals surface area contributed by atoms with Gasteiger partial charge in [0.2, 0.25) is 0 Å². The molecule has 1 saturated carbocycles. The molecule has 76 valence electrons. The lowest BCUT2D eigenvalue weighted by molar-refractivity contribution is 0.192. The number of anilines is 1. The van der Waals surface area contributed by atoms with E-state index in [0.29, 0.717) is 0 Å². The lowest BCUT2D eigenvalue weighted by atomic mass is 10.2. The van der Waals surface area contributed by atoms with E-state index >= 15 is 0 Å². The minimum Gasteiger partial charge on any atom is -0.489 e. The van der Waals surface area contributed by atoms with Gasteiger partial charge in [-0.05, 0) is 43.5 Å². The Balaban J connectivity index is 2.00. The second-order valence-corrected chi connectivity index (χ2v) is 3.82. The van der Waals surface area contributed by atoms with Gasteiger partial charge in [-0.25, -0.2) is 0 Å². The quantitative estimate of drug-likeness (QED) is 0.698. The predicted molar refractivity (Wildman–Crippen MR) is 57.1 cm³/mol. The van der Waals surface area contributed by atoms with Gasteiger partial charge in [-0.2, -0.15) is 0 Å². The van der Waals surface area contributed by atoms with Crippen LogP contribution in [0.5, 0.6) is 5.75 Å². The Labute approximate surface area is 84.0 Å². The third kappa shape index (κ3) is 1.99. The molecule has 0 amide bonds. The second-order valence-electron chi connectivity index (χ2n) is 3.82. The van der Waals surface area contributed by atoms with Gasteiger partial charge in [0.05, 0.1) is 0 Å². The summed E-state index contributed by atoms with van der Waals surface area (Å²) in [5.41, 5.74) is 12.2. The van der Waals surface area contributed by atoms with Crippen molar-refractivity contribution in [1.29, 1.82) is 0 Å². The van der Waals surface area contributed by atoms with Crippen molar-refractivity contribution in [2.45, 2.75) is 31.4 Å². The zero-order valence-corrected chi connectivity index (χ0v) is 8.15. The van der Waals surface area contributed by atoms with E-state index in [2.05, 4.69) is 0 Å². The number of nitrogen functional groups attached to an aromatic ring is 1. The van der Waals surface area contributed by atoms with Crippen LogP contribution in [-0.4, -0.2) is 12.1 Å². The van der Waals surface area contributed by atoms with Crippen LogP contribution in [0.25, 0.3) is 0 Å². The van der Waals surface area contributed by atoms with Gasteiger partial charge in [0.25, 0.3) is 0 Å². The fraction of sp³-hybridized carbons (Fsp3) is 0.455. The number of nitrogens with two attached hydrogens (primary N) is 2. The van der Waals surface area contributed by atoms with Crippen LogP contribution in [0.3, 0.4) is 0 Å². The summed E-state index contributed by atoms with van der Waals surface area (Å²) in [4.78, 5) is 0. The highest BCUT2D eigenvalue weighted by Gasteiger charge is 2.25. The highest BCUT2D eigenvalue weighted by molar-refractivity contribution is 5.41. The molecular formula is C11H16N2O. The molecule has 0 spiro atoms. The monoisotopic (exact) mass is 192 g/mol. The Hall–Kier alpha value is -1.22. The molecule has 2 rings (SSSR count). The first kappa shape index (κ1) is 9.34. The van der Waals surface area contributed by atoms with Gasteiger partial charge >= 0.3 is 0 Å². The van der Waals surface area contributed by atoms with Gasteiger partial charge in [0.15, 0.2) is 0 Å². The van der Waals surface area contributed by atoms with E-state index in [1.54, 1.807) is 0 Å². The molecule has 1 aromatic carbocycles. The third-order valence-corrected chi connectivity index (χ3v) is 2.67. The lowest BCUT2D eigenvalue weighted by Crippen LogP contribution is -2.33. The normalized spacial score (nSPS) is 26.4. The van der Waals surface area contributed by atoms with Crippen LogP contribution in [0, 0.1) is 0 Å². The molecule has 0 radical (unpaired) electrons. The Bertz CT molecular complexity index is 297. The van der Waals surface area contributed by atoms with Gasteiger partial charge in [-0.15, -0.1) is 0 Å². The number of benzene rings is 1. The third-order valence-electron chi connectivity index (χ3n) is 2.67.